The Morgan fingerprint density at radius 2 is 1.89 bits per heavy atom. The molecule has 0 saturated heterocycles. The van der Waals surface area contributed by atoms with Crippen LogP contribution in [0.5, 0.6) is 0 Å². The second-order valence-corrected chi connectivity index (χ2v) is 7.60. The molecule has 100 valence electrons. The first-order valence-corrected chi connectivity index (χ1v) is 7.06. The van der Waals surface area contributed by atoms with Crippen LogP contribution in [0.1, 0.15) is 32.8 Å². The van der Waals surface area contributed by atoms with Crippen molar-refractivity contribution in [3.63, 3.8) is 0 Å². The number of Topliss-reactive ketones (excluding diaryl/α,β-unsaturated/α-hetero) is 1. The number of benzene rings is 1. The minimum Gasteiger partial charge on any atom is -0.300 e. The Balaban J connectivity index is 3.33. The molecule has 0 unspecified atom stereocenters. The highest BCUT2D eigenvalue weighted by molar-refractivity contribution is 7.92. The summed E-state index contributed by atoms with van der Waals surface area (Å²) >= 11 is 0. The van der Waals surface area contributed by atoms with Gasteiger partial charge in [-0.2, -0.15) is 0 Å². The second-order valence-electron chi connectivity index (χ2n) is 5.05. The number of hydrogen-bond donors (Lipinski definition) is 0. The van der Waals surface area contributed by atoms with Gasteiger partial charge < -0.3 is 0 Å². The predicted molar refractivity (Wildman–Crippen MR) is 67.7 cm³/mol. The van der Waals surface area contributed by atoms with E-state index < -0.39 is 20.4 Å². The van der Waals surface area contributed by atoms with Gasteiger partial charge in [0.15, 0.2) is 9.84 Å². The quantitative estimate of drug-likeness (QED) is 0.792. The van der Waals surface area contributed by atoms with Gasteiger partial charge in [-0.05, 0) is 51.5 Å². The molecule has 3 nitrogen and oxygen atoms in total. The molecule has 0 heterocycles. The van der Waals surface area contributed by atoms with Crippen molar-refractivity contribution in [3.05, 3.63) is 29.6 Å². The summed E-state index contributed by atoms with van der Waals surface area (Å²) in [5.41, 5.74) is 0.353. The Hall–Kier alpha value is -1.23. The Kier molecular flexibility index (Phi) is 3.96. The standard InChI is InChI=1S/C13H17FO3S/c1-9-7-11(14)5-6-12(9)18(16,17)13(3,4)8-10(2)15/h5-7H,8H2,1-4H3. The van der Waals surface area contributed by atoms with Crippen molar-refractivity contribution in [2.24, 2.45) is 0 Å². The Labute approximate surface area is 107 Å². The molecular formula is C13H17FO3S. The van der Waals surface area contributed by atoms with Crippen LogP contribution in [-0.4, -0.2) is 18.9 Å². The van der Waals surface area contributed by atoms with E-state index in [4.69, 9.17) is 0 Å². The molecule has 0 fully saturated rings. The molecule has 1 aromatic carbocycles. The number of sulfone groups is 1. The van der Waals surface area contributed by atoms with Crippen LogP contribution in [-0.2, 0) is 14.6 Å². The fourth-order valence-electron chi connectivity index (χ4n) is 1.91. The molecule has 0 saturated carbocycles. The molecule has 1 rings (SSSR count). The average Bonchev–Trinajstić information content (AvgIpc) is 2.14. The van der Waals surface area contributed by atoms with Crippen molar-refractivity contribution in [1.82, 2.24) is 0 Å². The van der Waals surface area contributed by atoms with Gasteiger partial charge in [0.05, 0.1) is 9.64 Å². The van der Waals surface area contributed by atoms with Crippen LogP contribution >= 0.6 is 0 Å². The zero-order valence-corrected chi connectivity index (χ0v) is 11.8. The highest BCUT2D eigenvalue weighted by Gasteiger charge is 2.37. The molecule has 0 bridgehead atoms. The zero-order valence-electron chi connectivity index (χ0n) is 11.0. The number of aryl methyl sites for hydroxylation is 1. The maximum atomic E-state index is 13.0. The van der Waals surface area contributed by atoms with E-state index in [-0.39, 0.29) is 17.1 Å². The minimum absolute atomic E-state index is 0.0633. The van der Waals surface area contributed by atoms with Crippen LogP contribution in [0, 0.1) is 12.7 Å². The highest BCUT2D eigenvalue weighted by atomic mass is 32.2. The van der Waals surface area contributed by atoms with E-state index in [2.05, 4.69) is 0 Å². The van der Waals surface area contributed by atoms with Crippen LogP contribution < -0.4 is 0 Å². The van der Waals surface area contributed by atoms with Crippen LogP contribution in [0.2, 0.25) is 0 Å². The monoisotopic (exact) mass is 272 g/mol. The lowest BCUT2D eigenvalue weighted by Crippen LogP contribution is -2.34. The van der Waals surface area contributed by atoms with Crippen LogP contribution in [0.3, 0.4) is 0 Å². The third kappa shape index (κ3) is 2.77. The molecule has 0 aromatic heterocycles. The van der Waals surface area contributed by atoms with E-state index >= 15 is 0 Å². The molecule has 0 spiro atoms. The summed E-state index contributed by atoms with van der Waals surface area (Å²) in [5.74, 6) is -0.667. The summed E-state index contributed by atoms with van der Waals surface area (Å²) in [7, 11) is -3.67. The Morgan fingerprint density at radius 1 is 1.33 bits per heavy atom. The Bertz CT molecular complexity index is 574. The molecule has 0 atom stereocenters. The largest absolute Gasteiger partial charge is 0.300 e. The summed E-state index contributed by atoms with van der Waals surface area (Å²) < 4.78 is 36.7. The molecule has 18 heavy (non-hydrogen) atoms. The van der Waals surface area contributed by atoms with Crippen molar-refractivity contribution in [3.8, 4) is 0 Å². The van der Waals surface area contributed by atoms with Crippen molar-refractivity contribution < 1.29 is 17.6 Å². The fraction of sp³-hybridized carbons (Fsp3) is 0.462. The molecule has 0 aliphatic heterocycles. The van der Waals surface area contributed by atoms with Crippen LogP contribution in [0.25, 0.3) is 0 Å². The van der Waals surface area contributed by atoms with E-state index in [0.29, 0.717) is 5.56 Å². The van der Waals surface area contributed by atoms with E-state index in [9.17, 15) is 17.6 Å². The number of hydrogen-bond acceptors (Lipinski definition) is 3. The van der Waals surface area contributed by atoms with Crippen molar-refractivity contribution in [2.45, 2.75) is 43.8 Å². The van der Waals surface area contributed by atoms with E-state index in [1.165, 1.54) is 32.9 Å². The zero-order chi connectivity index (χ0) is 14.1. The van der Waals surface area contributed by atoms with Crippen LogP contribution in [0.4, 0.5) is 4.39 Å². The van der Waals surface area contributed by atoms with Crippen molar-refractivity contribution in [1.29, 1.82) is 0 Å². The number of carbonyl (C=O) groups excluding carboxylic acids is 1. The maximum absolute atomic E-state index is 13.0. The molecule has 0 radical (unpaired) electrons. The normalized spacial score (nSPS) is 12.5. The summed E-state index contributed by atoms with van der Waals surface area (Å²) in [4.78, 5) is 11.2. The molecule has 0 amide bonds. The number of carbonyl (C=O) groups is 1. The summed E-state index contributed by atoms with van der Waals surface area (Å²) in [6.07, 6.45) is -0.0633. The van der Waals surface area contributed by atoms with Gasteiger partial charge in [-0.25, -0.2) is 12.8 Å². The molecular weight excluding hydrogens is 255 g/mol. The third-order valence-electron chi connectivity index (χ3n) is 2.83. The van der Waals surface area contributed by atoms with Gasteiger partial charge in [0.1, 0.15) is 11.6 Å². The molecule has 0 N–H and O–H groups in total. The first kappa shape index (κ1) is 14.8. The summed E-state index contributed by atoms with van der Waals surface area (Å²) in [5, 5.41) is 0. The lowest BCUT2D eigenvalue weighted by Gasteiger charge is -2.24. The smallest absolute Gasteiger partial charge is 0.184 e. The van der Waals surface area contributed by atoms with E-state index in [1.807, 2.05) is 0 Å². The first-order valence-electron chi connectivity index (χ1n) is 5.58. The lowest BCUT2D eigenvalue weighted by molar-refractivity contribution is -0.117. The van der Waals surface area contributed by atoms with Gasteiger partial charge in [-0.3, -0.25) is 4.79 Å². The molecule has 0 aliphatic rings. The molecule has 5 heteroatoms. The number of rotatable bonds is 4. The van der Waals surface area contributed by atoms with Crippen LogP contribution in [0.15, 0.2) is 23.1 Å². The van der Waals surface area contributed by atoms with Gasteiger partial charge in [0.2, 0.25) is 0 Å². The van der Waals surface area contributed by atoms with Gasteiger partial charge >= 0.3 is 0 Å². The van der Waals surface area contributed by atoms with E-state index in [0.717, 1.165) is 6.07 Å². The van der Waals surface area contributed by atoms with E-state index in [1.54, 1.807) is 6.92 Å². The highest BCUT2D eigenvalue weighted by Crippen LogP contribution is 2.30. The van der Waals surface area contributed by atoms with Gasteiger partial charge in [0.25, 0.3) is 0 Å². The van der Waals surface area contributed by atoms with Gasteiger partial charge in [0, 0.05) is 6.42 Å². The first-order chi connectivity index (χ1) is 8.08. The summed E-state index contributed by atoms with van der Waals surface area (Å²) in [6.45, 7) is 5.91. The SMILES string of the molecule is CC(=O)CC(C)(C)S(=O)(=O)c1ccc(F)cc1C. The minimum atomic E-state index is -3.67. The third-order valence-corrected chi connectivity index (χ3v) is 5.47. The van der Waals surface area contributed by atoms with Crippen molar-refractivity contribution in [2.75, 3.05) is 0 Å². The van der Waals surface area contributed by atoms with Gasteiger partial charge in [-0.1, -0.05) is 0 Å². The molecule has 1 aromatic rings. The maximum Gasteiger partial charge on any atom is 0.184 e. The summed E-state index contributed by atoms with van der Waals surface area (Å²) in [6, 6.07) is 3.54. The van der Waals surface area contributed by atoms with Gasteiger partial charge in [-0.15, -0.1) is 0 Å². The predicted octanol–water partition coefficient (Wildman–Crippen LogP) is 2.67. The number of ketones is 1. The average molecular weight is 272 g/mol. The van der Waals surface area contributed by atoms with Crippen molar-refractivity contribution >= 4 is 15.6 Å². The lowest BCUT2D eigenvalue weighted by atomic mass is 10.1. The topological polar surface area (TPSA) is 51.2 Å². The second kappa shape index (κ2) is 4.80. The number of halogens is 1. The Morgan fingerprint density at radius 3 is 2.33 bits per heavy atom. The fourth-order valence-corrected chi connectivity index (χ4v) is 3.63. The molecule has 0 aliphatic carbocycles.